The minimum atomic E-state index is 0.157. The van der Waals surface area contributed by atoms with Crippen LogP contribution in [0.15, 0.2) is 72.8 Å². The van der Waals surface area contributed by atoms with Gasteiger partial charge in [-0.25, -0.2) is 9.97 Å². The number of para-hydroxylation sites is 2. The molecule has 122 valence electrons. The maximum Gasteiger partial charge on any atom is 0.128 e. The molecule has 0 saturated carbocycles. The van der Waals surface area contributed by atoms with Gasteiger partial charge in [0.2, 0.25) is 0 Å². The molecule has 0 aliphatic heterocycles. The fourth-order valence-corrected chi connectivity index (χ4v) is 2.87. The molecule has 0 radical (unpaired) electrons. The van der Waals surface area contributed by atoms with Gasteiger partial charge >= 0.3 is 0 Å². The quantitative estimate of drug-likeness (QED) is 0.593. The van der Waals surface area contributed by atoms with Crippen LogP contribution in [0.3, 0.4) is 0 Å². The number of rotatable bonds is 3. The molecule has 0 aliphatic carbocycles. The van der Waals surface area contributed by atoms with E-state index in [0.717, 1.165) is 22.3 Å². The van der Waals surface area contributed by atoms with Crippen molar-refractivity contribution in [3.63, 3.8) is 0 Å². The molecule has 0 unspecified atom stereocenters. The Bertz CT molecular complexity index is 1050. The molecule has 0 amide bonds. The van der Waals surface area contributed by atoms with Crippen molar-refractivity contribution in [1.29, 1.82) is 0 Å². The summed E-state index contributed by atoms with van der Waals surface area (Å²) in [5.41, 5.74) is 4.72. The summed E-state index contributed by atoms with van der Waals surface area (Å²) in [5, 5.41) is 9.97. The van der Waals surface area contributed by atoms with Gasteiger partial charge in [0.15, 0.2) is 0 Å². The van der Waals surface area contributed by atoms with E-state index in [9.17, 15) is 5.11 Å². The second-order valence-corrected chi connectivity index (χ2v) is 5.66. The number of aromatic nitrogens is 2. The van der Waals surface area contributed by atoms with E-state index >= 15 is 0 Å². The van der Waals surface area contributed by atoms with Gasteiger partial charge in [0.25, 0.3) is 0 Å². The molecule has 0 bridgehead atoms. The average Bonchev–Trinajstić information content (AvgIpc) is 2.67. The Morgan fingerprint density at radius 3 is 2.08 bits per heavy atom. The highest BCUT2D eigenvalue weighted by Gasteiger charge is 2.17. The zero-order valence-electron chi connectivity index (χ0n) is 13.7. The highest BCUT2D eigenvalue weighted by Crippen LogP contribution is 2.37. The maximum atomic E-state index is 9.97. The predicted octanol–water partition coefficient (Wildman–Crippen LogP) is 4.68. The van der Waals surface area contributed by atoms with Gasteiger partial charge in [-0.2, -0.15) is 0 Å². The van der Waals surface area contributed by atoms with Gasteiger partial charge in [-0.15, -0.1) is 0 Å². The summed E-state index contributed by atoms with van der Waals surface area (Å²) in [4.78, 5) is 9.65. The third-order valence-corrected chi connectivity index (χ3v) is 4.06. The first-order valence-corrected chi connectivity index (χ1v) is 7.96. The monoisotopic (exact) mass is 328 g/mol. The number of aromatic hydroxyl groups is 1. The second kappa shape index (κ2) is 6.24. The molecule has 25 heavy (non-hydrogen) atoms. The standard InChI is InChI=1S/C21H16N2O2/c1-25-19-12-11-15(24)13-16(19)21-20(14-7-3-2-4-8-14)22-17-9-5-6-10-18(17)23-21/h2-13,24H,1H3. The van der Waals surface area contributed by atoms with Gasteiger partial charge in [0, 0.05) is 11.1 Å². The molecule has 0 spiro atoms. The minimum Gasteiger partial charge on any atom is -0.508 e. The Balaban J connectivity index is 2.07. The smallest absolute Gasteiger partial charge is 0.128 e. The predicted molar refractivity (Wildman–Crippen MR) is 98.6 cm³/mol. The Morgan fingerprint density at radius 2 is 1.40 bits per heavy atom. The van der Waals surface area contributed by atoms with E-state index in [2.05, 4.69) is 0 Å². The van der Waals surface area contributed by atoms with Crippen LogP contribution in [-0.4, -0.2) is 22.2 Å². The first-order chi connectivity index (χ1) is 12.3. The van der Waals surface area contributed by atoms with Gasteiger partial charge in [0.1, 0.15) is 17.2 Å². The molecule has 1 N–H and O–H groups in total. The van der Waals surface area contributed by atoms with Crippen LogP contribution >= 0.6 is 0 Å². The summed E-state index contributed by atoms with van der Waals surface area (Å²) in [5.74, 6) is 0.796. The molecule has 4 heteroatoms. The Hall–Kier alpha value is -3.40. The van der Waals surface area contributed by atoms with E-state index in [0.29, 0.717) is 17.0 Å². The number of phenols is 1. The molecule has 3 aromatic carbocycles. The van der Waals surface area contributed by atoms with E-state index in [1.54, 1.807) is 25.3 Å². The summed E-state index contributed by atoms with van der Waals surface area (Å²) in [6.07, 6.45) is 0. The Morgan fingerprint density at radius 1 is 0.760 bits per heavy atom. The number of fused-ring (bicyclic) bond motifs is 1. The topological polar surface area (TPSA) is 55.2 Å². The second-order valence-electron chi connectivity index (χ2n) is 5.66. The Labute approximate surface area is 145 Å². The van der Waals surface area contributed by atoms with E-state index in [1.165, 1.54) is 0 Å². The fourth-order valence-electron chi connectivity index (χ4n) is 2.87. The van der Waals surface area contributed by atoms with Crippen LogP contribution in [0.25, 0.3) is 33.5 Å². The van der Waals surface area contributed by atoms with Crippen molar-refractivity contribution < 1.29 is 9.84 Å². The third-order valence-electron chi connectivity index (χ3n) is 4.06. The van der Waals surface area contributed by atoms with Crippen molar-refractivity contribution >= 4 is 11.0 Å². The van der Waals surface area contributed by atoms with Crippen LogP contribution in [0.4, 0.5) is 0 Å². The molecule has 4 rings (SSSR count). The average molecular weight is 328 g/mol. The highest BCUT2D eigenvalue weighted by atomic mass is 16.5. The Kier molecular flexibility index (Phi) is 3.78. The summed E-state index contributed by atoms with van der Waals surface area (Å²) in [6.45, 7) is 0. The highest BCUT2D eigenvalue weighted by molar-refractivity contribution is 5.88. The molecule has 4 aromatic rings. The van der Waals surface area contributed by atoms with E-state index in [-0.39, 0.29) is 5.75 Å². The molecular weight excluding hydrogens is 312 g/mol. The number of ether oxygens (including phenoxy) is 1. The summed E-state index contributed by atoms with van der Waals surface area (Å²) >= 11 is 0. The summed E-state index contributed by atoms with van der Waals surface area (Å²) in [7, 11) is 1.60. The molecule has 1 aromatic heterocycles. The molecule has 0 atom stereocenters. The van der Waals surface area contributed by atoms with Crippen LogP contribution in [-0.2, 0) is 0 Å². The minimum absolute atomic E-state index is 0.157. The van der Waals surface area contributed by atoms with Gasteiger partial charge in [-0.3, -0.25) is 0 Å². The largest absolute Gasteiger partial charge is 0.508 e. The normalized spacial score (nSPS) is 10.8. The van der Waals surface area contributed by atoms with Crippen molar-refractivity contribution in [2.24, 2.45) is 0 Å². The van der Waals surface area contributed by atoms with Gasteiger partial charge in [-0.1, -0.05) is 42.5 Å². The fraction of sp³-hybridized carbons (Fsp3) is 0.0476. The number of nitrogens with zero attached hydrogens (tertiary/aromatic N) is 2. The van der Waals surface area contributed by atoms with Crippen molar-refractivity contribution in [2.75, 3.05) is 7.11 Å². The number of phenolic OH excluding ortho intramolecular Hbond substituents is 1. The lowest BCUT2D eigenvalue weighted by atomic mass is 10.0. The SMILES string of the molecule is COc1ccc(O)cc1-c1nc2ccccc2nc1-c1ccccc1. The van der Waals surface area contributed by atoms with E-state index in [1.807, 2.05) is 54.6 Å². The summed E-state index contributed by atoms with van der Waals surface area (Å²) < 4.78 is 5.48. The van der Waals surface area contributed by atoms with E-state index < -0.39 is 0 Å². The third kappa shape index (κ3) is 2.78. The molecule has 0 fully saturated rings. The van der Waals surface area contributed by atoms with Crippen LogP contribution in [0, 0.1) is 0 Å². The molecule has 0 saturated heterocycles. The summed E-state index contributed by atoms with van der Waals surface area (Å²) in [6, 6.07) is 22.6. The van der Waals surface area contributed by atoms with Crippen LogP contribution in [0.1, 0.15) is 0 Å². The van der Waals surface area contributed by atoms with E-state index in [4.69, 9.17) is 14.7 Å². The molecule has 1 heterocycles. The van der Waals surface area contributed by atoms with Crippen molar-refractivity contribution in [2.45, 2.75) is 0 Å². The number of methoxy groups -OCH3 is 1. The van der Waals surface area contributed by atoms with Crippen molar-refractivity contribution in [3.8, 4) is 34.0 Å². The lowest BCUT2D eigenvalue weighted by molar-refractivity contribution is 0.414. The van der Waals surface area contributed by atoms with Gasteiger partial charge < -0.3 is 9.84 Å². The molecule has 0 aliphatic rings. The molecular formula is C21H16N2O2. The van der Waals surface area contributed by atoms with Crippen molar-refractivity contribution in [3.05, 3.63) is 72.8 Å². The number of benzene rings is 3. The van der Waals surface area contributed by atoms with Gasteiger partial charge in [-0.05, 0) is 30.3 Å². The maximum absolute atomic E-state index is 9.97. The van der Waals surface area contributed by atoms with Crippen LogP contribution < -0.4 is 4.74 Å². The lowest BCUT2D eigenvalue weighted by Crippen LogP contribution is -1.97. The van der Waals surface area contributed by atoms with Crippen molar-refractivity contribution in [1.82, 2.24) is 9.97 Å². The zero-order chi connectivity index (χ0) is 17.2. The zero-order valence-corrected chi connectivity index (χ0v) is 13.7. The number of hydrogen-bond donors (Lipinski definition) is 1. The number of hydrogen-bond acceptors (Lipinski definition) is 4. The first kappa shape index (κ1) is 15.1. The van der Waals surface area contributed by atoms with Crippen LogP contribution in [0.5, 0.6) is 11.5 Å². The molecule has 4 nitrogen and oxygen atoms in total. The van der Waals surface area contributed by atoms with Gasteiger partial charge in [0.05, 0.1) is 23.8 Å². The lowest BCUT2D eigenvalue weighted by Gasteiger charge is -2.13. The van der Waals surface area contributed by atoms with Crippen LogP contribution in [0.2, 0.25) is 0 Å². The first-order valence-electron chi connectivity index (χ1n) is 7.96.